The lowest BCUT2D eigenvalue weighted by Crippen LogP contribution is -2.58. The van der Waals surface area contributed by atoms with Gasteiger partial charge in [-0.1, -0.05) is 37.3 Å². The number of rotatable bonds is 8. The van der Waals surface area contributed by atoms with E-state index in [9.17, 15) is 9.90 Å². The van der Waals surface area contributed by atoms with Crippen LogP contribution in [0.5, 0.6) is 11.5 Å². The van der Waals surface area contributed by atoms with Gasteiger partial charge >= 0.3 is 6.09 Å². The van der Waals surface area contributed by atoms with Crippen molar-refractivity contribution in [3.05, 3.63) is 84.2 Å². The summed E-state index contributed by atoms with van der Waals surface area (Å²) in [6.45, 7) is 8.02. The van der Waals surface area contributed by atoms with Crippen LogP contribution in [0.25, 0.3) is 16.6 Å². The lowest BCUT2D eigenvalue weighted by molar-refractivity contribution is -0.0130. The van der Waals surface area contributed by atoms with Crippen LogP contribution >= 0.6 is 0 Å². The average molecular weight is 532 g/mol. The molecule has 1 saturated carbocycles. The Morgan fingerprint density at radius 1 is 1.15 bits per heavy atom. The molecule has 0 spiro atoms. The molecular weight excluding hydrogens is 497 g/mol. The van der Waals surface area contributed by atoms with Crippen molar-refractivity contribution in [1.82, 2.24) is 14.3 Å². The van der Waals surface area contributed by atoms with Crippen molar-refractivity contribution in [3.63, 3.8) is 0 Å². The van der Waals surface area contributed by atoms with Gasteiger partial charge in [-0.25, -0.2) is 14.2 Å². The van der Waals surface area contributed by atoms with Crippen molar-refractivity contribution >= 4 is 11.6 Å². The molecule has 2 aromatic heterocycles. The van der Waals surface area contributed by atoms with Crippen molar-refractivity contribution in [2.24, 2.45) is 0 Å². The molecule has 7 nitrogen and oxygen atoms in total. The number of imidazole rings is 1. The second-order valence-electron chi connectivity index (χ2n) is 11.0. The summed E-state index contributed by atoms with van der Waals surface area (Å²) in [5.74, 6) is 0.434. The highest BCUT2D eigenvalue weighted by Gasteiger charge is 2.42. The topological polar surface area (TPSA) is 76.3 Å². The van der Waals surface area contributed by atoms with Crippen LogP contribution in [0.15, 0.2) is 67.3 Å². The molecule has 1 amide bonds. The first-order chi connectivity index (χ1) is 18.6. The molecule has 0 saturated heterocycles. The molecule has 1 aliphatic carbocycles. The fourth-order valence-electron chi connectivity index (χ4n) is 5.26. The van der Waals surface area contributed by atoms with Gasteiger partial charge in [0.25, 0.3) is 0 Å². The molecule has 0 bridgehead atoms. The van der Waals surface area contributed by atoms with Gasteiger partial charge in [0.2, 0.25) is 0 Å². The smallest absolute Gasteiger partial charge is 0.407 e. The van der Waals surface area contributed by atoms with Crippen LogP contribution < -0.4 is 9.47 Å². The first-order valence-corrected chi connectivity index (χ1v) is 13.3. The third-order valence-electron chi connectivity index (χ3n) is 7.23. The van der Waals surface area contributed by atoms with Crippen molar-refractivity contribution in [1.29, 1.82) is 0 Å². The van der Waals surface area contributed by atoms with E-state index in [1.165, 1.54) is 11.0 Å². The average Bonchev–Trinajstić information content (AvgIpc) is 3.35. The summed E-state index contributed by atoms with van der Waals surface area (Å²) in [7, 11) is 0. The molecule has 0 radical (unpaired) electrons. The van der Waals surface area contributed by atoms with Gasteiger partial charge in [-0.15, -0.1) is 0 Å². The van der Waals surface area contributed by atoms with E-state index in [2.05, 4.69) is 4.98 Å². The minimum atomic E-state index is -0.920. The van der Waals surface area contributed by atoms with Crippen LogP contribution in [-0.4, -0.2) is 43.2 Å². The summed E-state index contributed by atoms with van der Waals surface area (Å²) >= 11 is 0. The minimum Gasteiger partial charge on any atom is -0.488 e. The molecule has 4 aromatic rings. The number of benzene rings is 2. The highest BCUT2D eigenvalue weighted by atomic mass is 19.1. The van der Waals surface area contributed by atoms with Crippen LogP contribution in [0.1, 0.15) is 51.7 Å². The van der Waals surface area contributed by atoms with E-state index in [1.54, 1.807) is 18.6 Å². The molecule has 1 N–H and O–H groups in total. The van der Waals surface area contributed by atoms with E-state index >= 15 is 4.39 Å². The molecule has 8 heteroatoms. The molecule has 2 heterocycles. The van der Waals surface area contributed by atoms with Gasteiger partial charge in [-0.2, -0.15) is 0 Å². The van der Waals surface area contributed by atoms with Gasteiger partial charge < -0.3 is 23.9 Å². The second-order valence-corrected chi connectivity index (χ2v) is 11.0. The van der Waals surface area contributed by atoms with E-state index in [0.29, 0.717) is 25.0 Å². The zero-order chi connectivity index (χ0) is 27.7. The third-order valence-corrected chi connectivity index (χ3v) is 7.23. The van der Waals surface area contributed by atoms with Crippen molar-refractivity contribution in [2.75, 3.05) is 0 Å². The van der Waals surface area contributed by atoms with Crippen molar-refractivity contribution in [3.8, 4) is 22.6 Å². The number of hydrogen-bond donors (Lipinski definition) is 1. The number of fused-ring (bicyclic) bond motifs is 1. The Hall–Kier alpha value is -4.07. The fraction of sp³-hybridized carbons (Fsp3) is 0.355. The van der Waals surface area contributed by atoms with E-state index in [4.69, 9.17) is 9.47 Å². The molecule has 5 rings (SSSR count). The molecule has 0 aliphatic heterocycles. The molecule has 39 heavy (non-hydrogen) atoms. The summed E-state index contributed by atoms with van der Waals surface area (Å²) in [6, 6.07) is 14.8. The summed E-state index contributed by atoms with van der Waals surface area (Å²) in [6.07, 6.45) is 6.21. The van der Waals surface area contributed by atoms with E-state index in [-0.39, 0.29) is 24.5 Å². The maximum Gasteiger partial charge on any atom is 0.407 e. The Kier molecular flexibility index (Phi) is 7.21. The summed E-state index contributed by atoms with van der Waals surface area (Å²) in [4.78, 5) is 17.6. The molecule has 0 atom stereocenters. The second kappa shape index (κ2) is 10.6. The maximum absolute atomic E-state index is 15.2. The molecular formula is C31H34FN3O4. The van der Waals surface area contributed by atoms with Gasteiger partial charge in [0.1, 0.15) is 24.0 Å². The van der Waals surface area contributed by atoms with Crippen LogP contribution in [0.3, 0.4) is 0 Å². The summed E-state index contributed by atoms with van der Waals surface area (Å²) in [5.41, 5.74) is 3.80. The van der Waals surface area contributed by atoms with E-state index in [1.807, 2.05) is 74.7 Å². The number of aryl methyl sites for hydroxylation is 1. The lowest BCUT2D eigenvalue weighted by Gasteiger charge is -2.47. The zero-order valence-corrected chi connectivity index (χ0v) is 22.7. The Labute approximate surface area is 227 Å². The Morgan fingerprint density at radius 2 is 1.90 bits per heavy atom. The highest BCUT2D eigenvalue weighted by molar-refractivity contribution is 5.74. The van der Waals surface area contributed by atoms with E-state index < -0.39 is 17.4 Å². The SMILES string of the molecule is CCc1cc(OCc2ccccc2)c(F)cc1-c1cc(O[C@H]2C[C@@H](N(C(=O)O)C(C)(C)C)C2)c2cncn2c1. The Balaban J connectivity index is 1.39. The number of ether oxygens (including phenoxy) is 2. The number of halogens is 1. The largest absolute Gasteiger partial charge is 0.488 e. The molecule has 204 valence electrons. The number of carbonyl (C=O) groups is 1. The molecule has 2 aromatic carbocycles. The van der Waals surface area contributed by atoms with Crippen LogP contribution in [0.4, 0.5) is 9.18 Å². The first-order valence-electron chi connectivity index (χ1n) is 13.3. The quantitative estimate of drug-likeness (QED) is 0.266. The zero-order valence-electron chi connectivity index (χ0n) is 22.7. The Bertz CT molecular complexity index is 1470. The van der Waals surface area contributed by atoms with E-state index in [0.717, 1.165) is 27.8 Å². The summed E-state index contributed by atoms with van der Waals surface area (Å²) in [5, 5.41) is 9.71. The number of amides is 1. The van der Waals surface area contributed by atoms with Crippen molar-refractivity contribution in [2.45, 2.75) is 71.2 Å². The fourth-order valence-corrected chi connectivity index (χ4v) is 5.26. The maximum atomic E-state index is 15.2. The number of nitrogens with zero attached hydrogens (tertiary/aromatic N) is 3. The highest BCUT2D eigenvalue weighted by Crippen LogP contribution is 2.38. The first kappa shape index (κ1) is 26.5. The summed E-state index contributed by atoms with van der Waals surface area (Å²) < 4.78 is 29.3. The minimum absolute atomic E-state index is 0.0964. The van der Waals surface area contributed by atoms with Crippen LogP contribution in [-0.2, 0) is 13.0 Å². The lowest BCUT2D eigenvalue weighted by atomic mass is 9.85. The van der Waals surface area contributed by atoms with Gasteiger partial charge in [0.05, 0.1) is 12.5 Å². The Morgan fingerprint density at radius 3 is 2.56 bits per heavy atom. The third kappa shape index (κ3) is 5.55. The number of aromatic nitrogens is 2. The van der Waals surface area contributed by atoms with Gasteiger partial charge in [-0.3, -0.25) is 0 Å². The normalized spacial score (nSPS) is 17.1. The monoisotopic (exact) mass is 531 g/mol. The van der Waals surface area contributed by atoms with Gasteiger partial charge in [0, 0.05) is 36.2 Å². The number of carboxylic acid groups (broad SMARTS) is 1. The number of pyridine rings is 1. The van der Waals surface area contributed by atoms with Crippen LogP contribution in [0, 0.1) is 5.82 Å². The molecule has 1 fully saturated rings. The van der Waals surface area contributed by atoms with Gasteiger partial charge in [0.15, 0.2) is 11.6 Å². The predicted molar refractivity (Wildman–Crippen MR) is 148 cm³/mol. The van der Waals surface area contributed by atoms with Gasteiger partial charge in [-0.05, 0) is 62.1 Å². The number of hydrogen-bond acceptors (Lipinski definition) is 4. The molecule has 0 unspecified atom stereocenters. The standard InChI is InChI=1S/C31H34FN3O4/c1-5-21-11-28(38-18-20-9-7-6-8-10-20)26(32)15-25(21)22-12-29(27-16-33-19-34(27)17-22)39-24-13-23(14-24)35(30(36)37)31(2,3)4/h6-12,15-17,19,23-24H,5,13-14,18H2,1-4H3,(H,36,37)/t23-,24+. The molecule has 1 aliphatic rings. The predicted octanol–water partition coefficient (Wildman–Crippen LogP) is 6.97. The van der Waals surface area contributed by atoms with Crippen LogP contribution in [0.2, 0.25) is 0 Å². The van der Waals surface area contributed by atoms with Crippen molar-refractivity contribution < 1.29 is 23.8 Å².